The predicted octanol–water partition coefficient (Wildman–Crippen LogP) is 1.94. The van der Waals surface area contributed by atoms with Gasteiger partial charge in [0.2, 0.25) is 5.91 Å². The van der Waals surface area contributed by atoms with E-state index in [1.54, 1.807) is 6.92 Å². The molecule has 3 aliphatic rings. The first-order valence-corrected chi connectivity index (χ1v) is 12.8. The van der Waals surface area contributed by atoms with Gasteiger partial charge in [0.15, 0.2) is 0 Å². The van der Waals surface area contributed by atoms with Gasteiger partial charge in [-0.05, 0) is 30.2 Å². The monoisotopic (exact) mass is 479 g/mol. The Morgan fingerprint density at radius 1 is 0.971 bits per heavy atom. The Kier molecular flexibility index (Phi) is 6.95. The van der Waals surface area contributed by atoms with Crippen molar-refractivity contribution in [2.24, 2.45) is 5.92 Å². The summed E-state index contributed by atoms with van der Waals surface area (Å²) in [4.78, 5) is 39.8. The lowest BCUT2D eigenvalue weighted by Crippen LogP contribution is -2.48. The van der Waals surface area contributed by atoms with Gasteiger partial charge < -0.3 is 24.2 Å². The van der Waals surface area contributed by atoms with Crippen molar-refractivity contribution in [2.45, 2.75) is 33.5 Å². The van der Waals surface area contributed by atoms with Crippen LogP contribution in [0.5, 0.6) is 0 Å². The maximum Gasteiger partial charge on any atom is 0.320 e. The molecule has 0 aliphatic carbocycles. The number of nitrogens with zero attached hydrogens (tertiary/aromatic N) is 7. The molecule has 0 bridgehead atoms. The summed E-state index contributed by atoms with van der Waals surface area (Å²) >= 11 is 0. The summed E-state index contributed by atoms with van der Waals surface area (Å²) in [5, 5.41) is 0. The molecule has 5 heterocycles. The number of hydrogen-bond acceptors (Lipinski definition) is 5. The van der Waals surface area contributed by atoms with Crippen LogP contribution in [0.2, 0.25) is 0 Å². The van der Waals surface area contributed by atoms with E-state index in [4.69, 9.17) is 0 Å². The molecule has 3 amide bonds. The summed E-state index contributed by atoms with van der Waals surface area (Å²) in [6, 6.07) is 8.56. The van der Waals surface area contributed by atoms with Crippen LogP contribution in [0, 0.1) is 5.92 Å². The lowest BCUT2D eigenvalue weighted by molar-refractivity contribution is -0.129. The Balaban J connectivity index is 1.08. The molecule has 0 radical (unpaired) electrons. The Hall–Kier alpha value is -3.07. The molecule has 188 valence electrons. The number of anilines is 1. The molecule has 0 aromatic carbocycles. The molecular weight excluding hydrogens is 442 g/mol. The summed E-state index contributed by atoms with van der Waals surface area (Å²) in [6.07, 6.45) is 4.06. The number of aromatic nitrogens is 2. The predicted molar refractivity (Wildman–Crippen MR) is 135 cm³/mol. The molecule has 1 unspecified atom stereocenters. The van der Waals surface area contributed by atoms with Gasteiger partial charge in [-0.25, -0.2) is 4.79 Å². The van der Waals surface area contributed by atoms with Crippen molar-refractivity contribution in [1.29, 1.82) is 0 Å². The molecule has 2 aromatic heterocycles. The van der Waals surface area contributed by atoms with Crippen LogP contribution in [0.1, 0.15) is 25.2 Å². The second-order valence-electron chi connectivity index (χ2n) is 10.2. The number of pyridine rings is 1. The number of piperazine rings is 1. The van der Waals surface area contributed by atoms with Crippen molar-refractivity contribution < 1.29 is 9.59 Å². The summed E-state index contributed by atoms with van der Waals surface area (Å²) in [6.45, 7) is 14.0. The molecule has 0 spiro atoms. The normalized spacial score (nSPS) is 19.9. The zero-order chi connectivity index (χ0) is 24.4. The van der Waals surface area contributed by atoms with Crippen LogP contribution < -0.4 is 4.90 Å². The highest BCUT2D eigenvalue weighted by atomic mass is 16.2. The van der Waals surface area contributed by atoms with Crippen molar-refractivity contribution in [3.63, 3.8) is 0 Å². The molecule has 35 heavy (non-hydrogen) atoms. The van der Waals surface area contributed by atoms with E-state index in [0.717, 1.165) is 83.4 Å². The third-order valence-electron chi connectivity index (χ3n) is 7.50. The van der Waals surface area contributed by atoms with E-state index < -0.39 is 0 Å². The average Bonchev–Trinajstić information content (AvgIpc) is 3.46. The highest BCUT2D eigenvalue weighted by Crippen LogP contribution is 2.20. The van der Waals surface area contributed by atoms with E-state index >= 15 is 0 Å². The third-order valence-corrected chi connectivity index (χ3v) is 7.50. The zero-order valence-electron chi connectivity index (χ0n) is 21.0. The molecule has 5 rings (SSSR count). The highest BCUT2D eigenvalue weighted by Gasteiger charge is 2.30. The molecule has 9 nitrogen and oxygen atoms in total. The SMILES string of the molecule is CC(=O)N1CCN(c2ccc(CN3CCN(CC(C)CN4CCn5cccc5C4)C3=O)nc2)CC1. The lowest BCUT2D eigenvalue weighted by atomic mass is 10.1. The van der Waals surface area contributed by atoms with Crippen LogP contribution in [0.15, 0.2) is 36.7 Å². The number of fused-ring (bicyclic) bond motifs is 1. The minimum atomic E-state index is 0.121. The van der Waals surface area contributed by atoms with Gasteiger partial charge in [-0.1, -0.05) is 6.92 Å². The number of urea groups is 1. The molecular formula is C26H37N7O2. The van der Waals surface area contributed by atoms with Gasteiger partial charge in [-0.15, -0.1) is 0 Å². The minimum absolute atomic E-state index is 0.121. The molecule has 0 N–H and O–H groups in total. The number of hydrogen-bond donors (Lipinski definition) is 0. The molecule has 2 saturated heterocycles. The minimum Gasteiger partial charge on any atom is -0.367 e. The van der Waals surface area contributed by atoms with Crippen LogP contribution in [0.3, 0.4) is 0 Å². The van der Waals surface area contributed by atoms with Gasteiger partial charge in [-0.2, -0.15) is 0 Å². The summed E-state index contributed by atoms with van der Waals surface area (Å²) in [5.41, 5.74) is 3.37. The summed E-state index contributed by atoms with van der Waals surface area (Å²) in [5.74, 6) is 0.570. The number of carbonyl (C=O) groups is 2. The van der Waals surface area contributed by atoms with Crippen molar-refractivity contribution in [3.8, 4) is 0 Å². The van der Waals surface area contributed by atoms with Crippen molar-refractivity contribution in [3.05, 3.63) is 48.0 Å². The largest absolute Gasteiger partial charge is 0.367 e. The summed E-state index contributed by atoms with van der Waals surface area (Å²) in [7, 11) is 0. The van der Waals surface area contributed by atoms with Crippen molar-refractivity contribution >= 4 is 17.6 Å². The van der Waals surface area contributed by atoms with Gasteiger partial charge in [0.25, 0.3) is 0 Å². The van der Waals surface area contributed by atoms with Crippen molar-refractivity contribution in [2.75, 3.05) is 63.8 Å². The van der Waals surface area contributed by atoms with Gasteiger partial charge in [-0.3, -0.25) is 14.7 Å². The van der Waals surface area contributed by atoms with Crippen LogP contribution in [0.4, 0.5) is 10.5 Å². The average molecular weight is 480 g/mol. The second-order valence-corrected chi connectivity index (χ2v) is 10.2. The second kappa shape index (κ2) is 10.3. The Morgan fingerprint density at radius 2 is 1.77 bits per heavy atom. The quantitative estimate of drug-likeness (QED) is 0.607. The zero-order valence-corrected chi connectivity index (χ0v) is 21.0. The van der Waals surface area contributed by atoms with Gasteiger partial charge in [0.05, 0.1) is 24.1 Å². The molecule has 9 heteroatoms. The number of rotatable bonds is 7. The van der Waals surface area contributed by atoms with Crippen LogP contribution >= 0.6 is 0 Å². The van der Waals surface area contributed by atoms with Crippen molar-refractivity contribution in [1.82, 2.24) is 29.2 Å². The number of amides is 3. The van der Waals surface area contributed by atoms with E-state index in [1.165, 1.54) is 5.69 Å². The molecule has 1 atom stereocenters. The Morgan fingerprint density at radius 3 is 2.51 bits per heavy atom. The third kappa shape index (κ3) is 5.45. The van der Waals surface area contributed by atoms with Crippen LogP contribution in [0.25, 0.3) is 0 Å². The van der Waals surface area contributed by atoms with Gasteiger partial charge in [0.1, 0.15) is 0 Å². The van der Waals surface area contributed by atoms with E-state index in [9.17, 15) is 9.59 Å². The van der Waals surface area contributed by atoms with E-state index in [-0.39, 0.29) is 11.9 Å². The fourth-order valence-electron chi connectivity index (χ4n) is 5.52. The van der Waals surface area contributed by atoms with Crippen LogP contribution in [-0.4, -0.2) is 100.0 Å². The lowest BCUT2D eigenvalue weighted by Gasteiger charge is -2.35. The maximum absolute atomic E-state index is 13.0. The molecule has 0 saturated carbocycles. The fraction of sp³-hybridized carbons (Fsp3) is 0.577. The van der Waals surface area contributed by atoms with Gasteiger partial charge >= 0.3 is 6.03 Å². The summed E-state index contributed by atoms with van der Waals surface area (Å²) < 4.78 is 2.33. The topological polar surface area (TPSA) is 68.2 Å². The van der Waals surface area contributed by atoms with E-state index in [0.29, 0.717) is 12.5 Å². The maximum atomic E-state index is 13.0. The van der Waals surface area contributed by atoms with Crippen LogP contribution in [-0.2, 0) is 24.4 Å². The molecule has 2 fully saturated rings. The van der Waals surface area contributed by atoms with Gasteiger partial charge in [0, 0.05) is 90.8 Å². The van der Waals surface area contributed by atoms with E-state index in [2.05, 4.69) is 50.7 Å². The van der Waals surface area contributed by atoms with E-state index in [1.807, 2.05) is 27.0 Å². The Labute approximate surface area is 207 Å². The number of carbonyl (C=O) groups excluding carboxylic acids is 2. The molecule has 3 aliphatic heterocycles. The first-order chi connectivity index (χ1) is 17.0. The first kappa shape index (κ1) is 23.7. The first-order valence-electron chi connectivity index (χ1n) is 12.8. The highest BCUT2D eigenvalue weighted by molar-refractivity contribution is 5.76. The molecule has 2 aromatic rings. The Bertz CT molecular complexity index is 1030. The standard InChI is InChI=1S/C26H37N7O2/c1-21(17-28-8-9-30-7-3-4-25(30)20-28)18-32-14-15-33(26(32)35)19-23-5-6-24(16-27-23)31-12-10-29(11-13-31)22(2)34/h3-7,16,21H,8-15,17-20H2,1-2H3. The smallest absolute Gasteiger partial charge is 0.320 e. The fourth-order valence-corrected chi connectivity index (χ4v) is 5.52.